The topological polar surface area (TPSA) is 59.6 Å². The Morgan fingerprint density at radius 2 is 1.95 bits per heavy atom. The lowest BCUT2D eigenvalue weighted by atomic mass is 9.67. The Kier molecular flexibility index (Phi) is 4.25. The van der Waals surface area contributed by atoms with Crippen LogP contribution in [0.4, 0.5) is 5.69 Å². The van der Waals surface area contributed by atoms with E-state index in [1.54, 1.807) is 20.3 Å². The van der Waals surface area contributed by atoms with Gasteiger partial charge in [-0.05, 0) is 25.3 Å². The van der Waals surface area contributed by atoms with Crippen LogP contribution in [0.15, 0.2) is 18.2 Å². The Hall–Kier alpha value is -1.75. The van der Waals surface area contributed by atoms with Gasteiger partial charge in [0, 0.05) is 30.4 Å². The van der Waals surface area contributed by atoms with Gasteiger partial charge >= 0.3 is 0 Å². The highest BCUT2D eigenvalue weighted by molar-refractivity contribution is 5.96. The van der Waals surface area contributed by atoms with E-state index in [4.69, 9.17) is 9.47 Å². The quantitative estimate of drug-likeness (QED) is 0.897. The number of benzene rings is 1. The van der Waals surface area contributed by atoms with Gasteiger partial charge in [0.1, 0.15) is 11.5 Å². The number of hydrogen-bond acceptors (Lipinski definition) is 4. The standard InChI is InChI=1S/C17H24N2O3/c1-21-14-7-13(8-15(9-14)22-2)19-16(20)17-6-4-3-5-12(17)10-18-11-17/h7-9,12,18H,3-6,10-11H2,1-2H3,(H,19,20)/t12-,17+/m0/s1. The van der Waals surface area contributed by atoms with E-state index in [9.17, 15) is 4.79 Å². The predicted molar refractivity (Wildman–Crippen MR) is 85.4 cm³/mol. The molecule has 0 bridgehead atoms. The fourth-order valence-corrected chi connectivity index (χ4v) is 3.83. The van der Waals surface area contributed by atoms with Crippen LogP contribution in [0.25, 0.3) is 0 Å². The minimum absolute atomic E-state index is 0.123. The molecule has 0 spiro atoms. The molecule has 120 valence electrons. The smallest absolute Gasteiger partial charge is 0.232 e. The number of hydrogen-bond donors (Lipinski definition) is 2. The van der Waals surface area contributed by atoms with Crippen molar-refractivity contribution < 1.29 is 14.3 Å². The molecule has 0 aromatic heterocycles. The average Bonchev–Trinajstić information content (AvgIpc) is 2.99. The van der Waals surface area contributed by atoms with Crippen LogP contribution in [-0.4, -0.2) is 33.2 Å². The van der Waals surface area contributed by atoms with Crippen LogP contribution in [0.1, 0.15) is 25.7 Å². The first-order valence-corrected chi connectivity index (χ1v) is 7.93. The largest absolute Gasteiger partial charge is 0.497 e. The zero-order chi connectivity index (χ0) is 15.6. The van der Waals surface area contributed by atoms with Crippen LogP contribution in [0, 0.1) is 11.3 Å². The van der Waals surface area contributed by atoms with Crippen LogP contribution < -0.4 is 20.1 Å². The number of anilines is 1. The molecule has 2 aliphatic rings. The van der Waals surface area contributed by atoms with Crippen molar-refractivity contribution in [2.45, 2.75) is 25.7 Å². The summed E-state index contributed by atoms with van der Waals surface area (Å²) in [5, 5.41) is 6.49. The van der Waals surface area contributed by atoms with Gasteiger partial charge in [-0.15, -0.1) is 0 Å². The molecule has 1 aromatic rings. The van der Waals surface area contributed by atoms with Crippen LogP contribution in [0.3, 0.4) is 0 Å². The maximum atomic E-state index is 12.9. The molecule has 1 heterocycles. The van der Waals surface area contributed by atoms with E-state index in [0.29, 0.717) is 17.4 Å². The maximum Gasteiger partial charge on any atom is 0.232 e. The maximum absolute atomic E-state index is 12.9. The highest BCUT2D eigenvalue weighted by Gasteiger charge is 2.49. The van der Waals surface area contributed by atoms with Crippen LogP contribution in [0.5, 0.6) is 11.5 Å². The third-order valence-corrected chi connectivity index (χ3v) is 5.10. The zero-order valence-corrected chi connectivity index (χ0v) is 13.3. The Morgan fingerprint density at radius 1 is 1.23 bits per heavy atom. The molecule has 1 amide bonds. The summed E-state index contributed by atoms with van der Waals surface area (Å²) >= 11 is 0. The first-order chi connectivity index (χ1) is 10.7. The normalized spacial score (nSPS) is 27.1. The number of amides is 1. The zero-order valence-electron chi connectivity index (χ0n) is 13.3. The molecule has 22 heavy (non-hydrogen) atoms. The van der Waals surface area contributed by atoms with Crippen LogP contribution in [0.2, 0.25) is 0 Å². The van der Waals surface area contributed by atoms with E-state index in [2.05, 4.69) is 10.6 Å². The second-order valence-corrected chi connectivity index (χ2v) is 6.29. The van der Waals surface area contributed by atoms with Crippen molar-refractivity contribution in [3.05, 3.63) is 18.2 Å². The summed E-state index contributed by atoms with van der Waals surface area (Å²) in [6, 6.07) is 5.46. The Labute approximate surface area is 131 Å². The van der Waals surface area contributed by atoms with Crippen LogP contribution >= 0.6 is 0 Å². The molecule has 3 rings (SSSR count). The molecule has 1 aliphatic heterocycles. The van der Waals surface area contributed by atoms with Gasteiger partial charge in [0.05, 0.1) is 19.6 Å². The first-order valence-electron chi connectivity index (χ1n) is 7.93. The molecule has 5 heteroatoms. The van der Waals surface area contributed by atoms with Gasteiger partial charge in [0.2, 0.25) is 5.91 Å². The van der Waals surface area contributed by atoms with Crippen molar-refractivity contribution in [1.29, 1.82) is 0 Å². The van der Waals surface area contributed by atoms with E-state index in [1.165, 1.54) is 6.42 Å². The van der Waals surface area contributed by atoms with Crippen molar-refractivity contribution in [1.82, 2.24) is 5.32 Å². The molecular weight excluding hydrogens is 280 g/mol. The monoisotopic (exact) mass is 304 g/mol. The highest BCUT2D eigenvalue weighted by atomic mass is 16.5. The lowest BCUT2D eigenvalue weighted by molar-refractivity contribution is -0.128. The van der Waals surface area contributed by atoms with Crippen molar-refractivity contribution in [2.24, 2.45) is 11.3 Å². The molecule has 1 saturated carbocycles. The summed E-state index contributed by atoms with van der Waals surface area (Å²) in [4.78, 5) is 12.9. The van der Waals surface area contributed by atoms with Gasteiger partial charge in [-0.25, -0.2) is 0 Å². The van der Waals surface area contributed by atoms with E-state index in [0.717, 1.165) is 38.0 Å². The second-order valence-electron chi connectivity index (χ2n) is 6.29. The fraction of sp³-hybridized carbons (Fsp3) is 0.588. The van der Waals surface area contributed by atoms with Gasteiger partial charge in [-0.3, -0.25) is 4.79 Å². The molecule has 1 aromatic carbocycles. The number of methoxy groups -OCH3 is 2. The molecule has 5 nitrogen and oxygen atoms in total. The van der Waals surface area contributed by atoms with Gasteiger partial charge in [0.15, 0.2) is 0 Å². The predicted octanol–water partition coefficient (Wildman–Crippen LogP) is 2.42. The summed E-state index contributed by atoms with van der Waals surface area (Å²) in [7, 11) is 3.22. The van der Waals surface area contributed by atoms with Crippen molar-refractivity contribution in [3.63, 3.8) is 0 Å². The lowest BCUT2D eigenvalue weighted by Crippen LogP contribution is -2.44. The second kappa shape index (κ2) is 6.16. The van der Waals surface area contributed by atoms with Gasteiger partial charge < -0.3 is 20.1 Å². The van der Waals surface area contributed by atoms with E-state index in [1.807, 2.05) is 12.1 Å². The average molecular weight is 304 g/mol. The summed E-state index contributed by atoms with van der Waals surface area (Å²) in [5.74, 6) is 1.93. The van der Waals surface area contributed by atoms with E-state index < -0.39 is 0 Å². The molecule has 0 unspecified atom stereocenters. The number of ether oxygens (including phenoxy) is 2. The van der Waals surface area contributed by atoms with Gasteiger partial charge in [-0.2, -0.15) is 0 Å². The van der Waals surface area contributed by atoms with E-state index in [-0.39, 0.29) is 11.3 Å². The van der Waals surface area contributed by atoms with E-state index >= 15 is 0 Å². The number of fused-ring (bicyclic) bond motifs is 1. The Morgan fingerprint density at radius 3 is 2.64 bits per heavy atom. The van der Waals surface area contributed by atoms with Crippen molar-refractivity contribution in [3.8, 4) is 11.5 Å². The number of carbonyl (C=O) groups excluding carboxylic acids is 1. The molecule has 2 atom stereocenters. The Balaban J connectivity index is 1.81. The lowest BCUT2D eigenvalue weighted by Gasteiger charge is -2.37. The summed E-state index contributed by atoms with van der Waals surface area (Å²) < 4.78 is 10.5. The highest BCUT2D eigenvalue weighted by Crippen LogP contribution is 2.44. The summed E-state index contributed by atoms with van der Waals surface area (Å²) in [6.45, 7) is 1.74. The number of carbonyl (C=O) groups is 1. The molecule has 2 N–H and O–H groups in total. The van der Waals surface area contributed by atoms with Gasteiger partial charge in [-0.1, -0.05) is 12.8 Å². The first kappa shape index (κ1) is 15.2. The molecule has 1 aliphatic carbocycles. The molecular formula is C17H24N2O3. The summed E-state index contributed by atoms with van der Waals surface area (Å²) in [6.07, 6.45) is 4.47. The SMILES string of the molecule is COc1cc(NC(=O)[C@@]23CCCC[C@H]2CNC3)cc(OC)c1. The molecule has 0 radical (unpaired) electrons. The van der Waals surface area contributed by atoms with Crippen LogP contribution in [-0.2, 0) is 4.79 Å². The summed E-state index contributed by atoms with van der Waals surface area (Å²) in [5.41, 5.74) is 0.473. The number of rotatable bonds is 4. The minimum atomic E-state index is -0.255. The molecule has 2 fully saturated rings. The van der Waals surface area contributed by atoms with Crippen molar-refractivity contribution in [2.75, 3.05) is 32.6 Å². The fourth-order valence-electron chi connectivity index (χ4n) is 3.83. The Bertz CT molecular complexity index is 539. The van der Waals surface area contributed by atoms with Crippen molar-refractivity contribution >= 4 is 11.6 Å². The minimum Gasteiger partial charge on any atom is -0.497 e. The third-order valence-electron chi connectivity index (χ3n) is 5.10. The van der Waals surface area contributed by atoms with Gasteiger partial charge in [0.25, 0.3) is 0 Å². The number of nitrogens with one attached hydrogen (secondary N) is 2. The third kappa shape index (κ3) is 2.65. The molecule has 1 saturated heterocycles.